The van der Waals surface area contributed by atoms with Gasteiger partial charge >= 0.3 is 0 Å². The van der Waals surface area contributed by atoms with E-state index in [0.717, 1.165) is 11.3 Å². The van der Waals surface area contributed by atoms with Crippen molar-refractivity contribution in [2.75, 3.05) is 0 Å². The maximum absolute atomic E-state index is 12.1. The van der Waals surface area contributed by atoms with E-state index in [1.807, 2.05) is 27.1 Å². The third-order valence-corrected chi connectivity index (χ3v) is 3.22. The molecule has 1 unspecified atom stereocenters. The minimum absolute atomic E-state index is 0.0862. The number of hydrogen-bond donors (Lipinski definition) is 1. The first-order chi connectivity index (χ1) is 8.97. The number of aromatic nitrogens is 2. The van der Waals surface area contributed by atoms with Crippen LogP contribution in [0.5, 0.6) is 0 Å². The summed E-state index contributed by atoms with van der Waals surface area (Å²) in [6.07, 6.45) is 1.92. The molecule has 1 aromatic carbocycles. The van der Waals surface area contributed by atoms with Gasteiger partial charge in [-0.3, -0.25) is 9.48 Å². The Hall–Kier alpha value is -1.81. The normalized spacial score (nSPS) is 12.2. The topological polar surface area (TPSA) is 46.9 Å². The molecule has 0 aliphatic rings. The third-order valence-electron chi connectivity index (χ3n) is 2.97. The van der Waals surface area contributed by atoms with Crippen molar-refractivity contribution >= 4 is 17.5 Å². The Bertz CT molecular complexity index is 589. The summed E-state index contributed by atoms with van der Waals surface area (Å²) >= 11 is 5.80. The van der Waals surface area contributed by atoms with Gasteiger partial charge in [0.25, 0.3) is 5.91 Å². The van der Waals surface area contributed by atoms with Crippen molar-refractivity contribution in [3.8, 4) is 0 Å². The summed E-state index contributed by atoms with van der Waals surface area (Å²) in [5.74, 6) is -0.118. The summed E-state index contributed by atoms with van der Waals surface area (Å²) in [4.78, 5) is 12.1. The van der Waals surface area contributed by atoms with Gasteiger partial charge in [0, 0.05) is 29.4 Å². The molecule has 0 spiro atoms. The molecule has 2 aromatic rings. The van der Waals surface area contributed by atoms with Gasteiger partial charge in [-0.1, -0.05) is 11.6 Å². The Labute approximate surface area is 117 Å². The molecule has 100 valence electrons. The highest BCUT2D eigenvalue weighted by molar-refractivity contribution is 6.30. The minimum atomic E-state index is -0.118. The summed E-state index contributed by atoms with van der Waals surface area (Å²) in [5, 5.41) is 7.84. The number of nitrogens with one attached hydrogen (secondary N) is 1. The van der Waals surface area contributed by atoms with Crippen LogP contribution in [0.2, 0.25) is 5.02 Å². The van der Waals surface area contributed by atoms with Crippen LogP contribution >= 0.6 is 11.6 Å². The quantitative estimate of drug-likeness (QED) is 0.938. The average molecular weight is 278 g/mol. The highest BCUT2D eigenvalue weighted by Crippen LogP contribution is 2.16. The number of benzene rings is 1. The van der Waals surface area contributed by atoms with Gasteiger partial charge in [-0.05, 0) is 38.1 Å². The van der Waals surface area contributed by atoms with E-state index >= 15 is 0 Å². The second kappa shape index (κ2) is 5.45. The summed E-state index contributed by atoms with van der Waals surface area (Å²) in [7, 11) is 1.87. The second-order valence-electron chi connectivity index (χ2n) is 4.55. The molecule has 2 rings (SSSR count). The van der Waals surface area contributed by atoms with Crippen LogP contribution in [0.25, 0.3) is 0 Å². The molecule has 1 heterocycles. The fraction of sp³-hybridized carbons (Fsp3) is 0.286. The number of hydrogen-bond acceptors (Lipinski definition) is 2. The highest BCUT2D eigenvalue weighted by Gasteiger charge is 2.15. The zero-order chi connectivity index (χ0) is 14.0. The number of nitrogens with zero attached hydrogens (tertiary/aromatic N) is 2. The molecule has 5 heteroatoms. The summed E-state index contributed by atoms with van der Waals surface area (Å²) in [6, 6.07) is 6.74. The molecule has 0 saturated carbocycles. The first-order valence-corrected chi connectivity index (χ1v) is 6.41. The maximum Gasteiger partial charge on any atom is 0.251 e. The first-order valence-electron chi connectivity index (χ1n) is 6.04. The smallest absolute Gasteiger partial charge is 0.251 e. The van der Waals surface area contributed by atoms with Crippen molar-refractivity contribution in [3.05, 3.63) is 52.3 Å². The Morgan fingerprint density at radius 3 is 2.53 bits per heavy atom. The van der Waals surface area contributed by atoms with E-state index in [-0.39, 0.29) is 11.9 Å². The van der Waals surface area contributed by atoms with Crippen LogP contribution in [-0.2, 0) is 7.05 Å². The zero-order valence-corrected chi connectivity index (χ0v) is 11.9. The molecule has 1 atom stereocenters. The molecule has 0 aliphatic carbocycles. The summed E-state index contributed by atoms with van der Waals surface area (Å²) < 4.78 is 1.75. The van der Waals surface area contributed by atoms with Crippen LogP contribution in [0.1, 0.15) is 34.6 Å². The summed E-state index contributed by atoms with van der Waals surface area (Å²) in [6.45, 7) is 3.87. The lowest BCUT2D eigenvalue weighted by Crippen LogP contribution is -2.26. The number of aryl methyl sites for hydroxylation is 2. The van der Waals surface area contributed by atoms with Crippen molar-refractivity contribution in [1.29, 1.82) is 0 Å². The highest BCUT2D eigenvalue weighted by atomic mass is 35.5. The molecule has 0 saturated heterocycles. The summed E-state index contributed by atoms with van der Waals surface area (Å²) in [5.41, 5.74) is 2.54. The van der Waals surface area contributed by atoms with Crippen molar-refractivity contribution in [1.82, 2.24) is 15.1 Å². The number of carbonyl (C=O) groups is 1. The molecule has 4 nitrogen and oxygen atoms in total. The molecular formula is C14H16ClN3O. The van der Waals surface area contributed by atoms with E-state index in [0.29, 0.717) is 10.6 Å². The standard InChI is InChI=1S/C14H16ClN3O/c1-9(13-8-18(3)17-10(13)2)16-14(19)11-4-6-12(15)7-5-11/h4-9H,1-3H3,(H,16,19). The van der Waals surface area contributed by atoms with Crippen LogP contribution in [0.3, 0.4) is 0 Å². The van der Waals surface area contributed by atoms with Crippen molar-refractivity contribution in [3.63, 3.8) is 0 Å². The molecule has 1 amide bonds. The first kappa shape index (κ1) is 13.6. The van der Waals surface area contributed by atoms with Crippen molar-refractivity contribution < 1.29 is 4.79 Å². The Morgan fingerprint density at radius 2 is 2.00 bits per heavy atom. The van der Waals surface area contributed by atoms with Crippen LogP contribution in [0.15, 0.2) is 30.5 Å². The molecule has 0 bridgehead atoms. The Morgan fingerprint density at radius 1 is 1.37 bits per heavy atom. The van der Waals surface area contributed by atoms with Gasteiger partial charge in [0.2, 0.25) is 0 Å². The lowest BCUT2D eigenvalue weighted by molar-refractivity contribution is 0.0940. The molecule has 19 heavy (non-hydrogen) atoms. The van der Waals surface area contributed by atoms with Gasteiger partial charge < -0.3 is 5.32 Å². The minimum Gasteiger partial charge on any atom is -0.345 e. The molecule has 1 N–H and O–H groups in total. The van der Waals surface area contributed by atoms with Crippen LogP contribution in [-0.4, -0.2) is 15.7 Å². The monoisotopic (exact) mass is 277 g/mol. The van der Waals surface area contributed by atoms with E-state index in [9.17, 15) is 4.79 Å². The third kappa shape index (κ3) is 3.15. The van der Waals surface area contributed by atoms with Crippen LogP contribution in [0, 0.1) is 6.92 Å². The molecule has 0 radical (unpaired) electrons. The fourth-order valence-electron chi connectivity index (χ4n) is 2.00. The lowest BCUT2D eigenvalue weighted by Gasteiger charge is -2.13. The second-order valence-corrected chi connectivity index (χ2v) is 4.98. The largest absolute Gasteiger partial charge is 0.345 e. The number of halogens is 1. The Kier molecular flexibility index (Phi) is 3.90. The number of rotatable bonds is 3. The van der Waals surface area contributed by atoms with Gasteiger partial charge in [-0.2, -0.15) is 5.10 Å². The molecular weight excluding hydrogens is 262 g/mol. The predicted molar refractivity (Wildman–Crippen MR) is 75.3 cm³/mol. The van der Waals surface area contributed by atoms with Gasteiger partial charge in [0.15, 0.2) is 0 Å². The van der Waals surface area contributed by atoms with Gasteiger partial charge in [-0.25, -0.2) is 0 Å². The van der Waals surface area contributed by atoms with Crippen molar-refractivity contribution in [2.45, 2.75) is 19.9 Å². The van der Waals surface area contributed by atoms with Crippen LogP contribution in [0.4, 0.5) is 0 Å². The fourth-order valence-corrected chi connectivity index (χ4v) is 2.13. The zero-order valence-electron chi connectivity index (χ0n) is 11.1. The van der Waals surface area contributed by atoms with E-state index < -0.39 is 0 Å². The predicted octanol–water partition coefficient (Wildman–Crippen LogP) is 2.87. The maximum atomic E-state index is 12.1. The van der Waals surface area contributed by atoms with Crippen LogP contribution < -0.4 is 5.32 Å². The van der Waals surface area contributed by atoms with Crippen molar-refractivity contribution in [2.24, 2.45) is 7.05 Å². The molecule has 1 aromatic heterocycles. The van der Waals surface area contributed by atoms with E-state index in [4.69, 9.17) is 11.6 Å². The van der Waals surface area contributed by atoms with E-state index in [1.54, 1.807) is 28.9 Å². The van der Waals surface area contributed by atoms with E-state index in [1.165, 1.54) is 0 Å². The van der Waals surface area contributed by atoms with E-state index in [2.05, 4.69) is 10.4 Å². The molecule has 0 fully saturated rings. The Balaban J connectivity index is 2.10. The molecule has 0 aliphatic heterocycles. The number of carbonyl (C=O) groups excluding carboxylic acids is 1. The average Bonchev–Trinajstić information content (AvgIpc) is 2.69. The number of amides is 1. The van der Waals surface area contributed by atoms with Gasteiger partial charge in [0.05, 0.1) is 11.7 Å². The van der Waals surface area contributed by atoms with Gasteiger partial charge in [-0.15, -0.1) is 0 Å². The lowest BCUT2D eigenvalue weighted by atomic mass is 10.1. The van der Waals surface area contributed by atoms with Gasteiger partial charge in [0.1, 0.15) is 0 Å². The SMILES string of the molecule is Cc1nn(C)cc1C(C)NC(=O)c1ccc(Cl)cc1.